The minimum Gasteiger partial charge on any atom is -0.349 e. The fourth-order valence-electron chi connectivity index (χ4n) is 2.92. The number of pyridine rings is 1. The average molecular weight is 415 g/mol. The van der Waals surface area contributed by atoms with E-state index in [0.29, 0.717) is 32.1 Å². The highest BCUT2D eigenvalue weighted by atomic mass is 35.5. The van der Waals surface area contributed by atoms with Gasteiger partial charge in [0.15, 0.2) is 0 Å². The van der Waals surface area contributed by atoms with Crippen molar-refractivity contribution >= 4 is 30.7 Å². The lowest BCUT2D eigenvalue weighted by atomic mass is 10.1. The molecule has 148 valence electrons. The van der Waals surface area contributed by atoms with Gasteiger partial charge in [0.25, 0.3) is 5.91 Å². The van der Waals surface area contributed by atoms with Gasteiger partial charge in [-0.25, -0.2) is 0 Å². The van der Waals surface area contributed by atoms with Crippen molar-refractivity contribution in [2.75, 3.05) is 32.7 Å². The number of rotatable bonds is 5. The molecule has 5 nitrogen and oxygen atoms in total. The molecule has 1 aliphatic heterocycles. The first kappa shape index (κ1) is 23.0. The Balaban J connectivity index is 0.00000169. The van der Waals surface area contributed by atoms with Crippen molar-refractivity contribution in [2.45, 2.75) is 31.0 Å². The number of nitrogens with zero attached hydrogens (tertiary/aromatic N) is 2. The smallest absolute Gasteiger partial charge is 0.349 e. The normalized spacial score (nSPS) is 19.0. The fourth-order valence-corrected chi connectivity index (χ4v) is 2.92. The summed E-state index contributed by atoms with van der Waals surface area (Å²) in [7, 11) is 0. The van der Waals surface area contributed by atoms with E-state index in [1.165, 1.54) is 4.90 Å². The molecule has 2 aliphatic rings. The van der Waals surface area contributed by atoms with Crippen LogP contribution in [0.3, 0.4) is 0 Å². The maximum absolute atomic E-state index is 13.3. The molecular formula is C16H23Cl2F3N4O. The average Bonchev–Trinajstić information content (AvgIpc) is 3.40. The van der Waals surface area contributed by atoms with E-state index in [9.17, 15) is 18.0 Å². The number of carbonyl (C=O) groups excluding carboxylic acids is 1. The SMILES string of the molecule is Cl.Cl.O=C(NCC(N1CCNCC1)C(F)(F)F)c1ccc(C2CC2)cn1. The Morgan fingerprint density at radius 3 is 2.42 bits per heavy atom. The molecular weight excluding hydrogens is 392 g/mol. The second kappa shape index (κ2) is 9.73. The van der Waals surface area contributed by atoms with Crippen LogP contribution in [0.1, 0.15) is 34.8 Å². The Kier molecular flexibility index (Phi) is 8.59. The van der Waals surface area contributed by atoms with Crippen LogP contribution in [0, 0.1) is 0 Å². The van der Waals surface area contributed by atoms with Crippen LogP contribution in [0.5, 0.6) is 0 Å². The van der Waals surface area contributed by atoms with Gasteiger partial charge >= 0.3 is 6.18 Å². The molecule has 2 fully saturated rings. The first-order chi connectivity index (χ1) is 11.4. The molecule has 1 aliphatic carbocycles. The molecule has 1 aromatic heterocycles. The topological polar surface area (TPSA) is 57.3 Å². The van der Waals surface area contributed by atoms with Gasteiger partial charge < -0.3 is 10.6 Å². The molecule has 0 spiro atoms. The number of piperazine rings is 1. The van der Waals surface area contributed by atoms with Gasteiger partial charge in [-0.05, 0) is 30.4 Å². The quantitative estimate of drug-likeness (QED) is 0.776. The van der Waals surface area contributed by atoms with E-state index >= 15 is 0 Å². The maximum Gasteiger partial charge on any atom is 0.405 e. The van der Waals surface area contributed by atoms with E-state index < -0.39 is 24.7 Å². The molecule has 0 bridgehead atoms. The molecule has 1 saturated heterocycles. The molecule has 1 amide bonds. The number of alkyl halides is 3. The van der Waals surface area contributed by atoms with Gasteiger partial charge in [-0.2, -0.15) is 13.2 Å². The van der Waals surface area contributed by atoms with Crippen LogP contribution >= 0.6 is 24.8 Å². The molecule has 0 radical (unpaired) electrons. The first-order valence-corrected chi connectivity index (χ1v) is 8.21. The van der Waals surface area contributed by atoms with Crippen molar-refractivity contribution in [1.29, 1.82) is 0 Å². The second-order valence-electron chi connectivity index (χ2n) is 6.30. The lowest BCUT2D eigenvalue weighted by Crippen LogP contribution is -2.57. The van der Waals surface area contributed by atoms with Crippen LogP contribution in [0.2, 0.25) is 0 Å². The highest BCUT2D eigenvalue weighted by molar-refractivity contribution is 5.92. The summed E-state index contributed by atoms with van der Waals surface area (Å²) in [6.45, 7) is 1.20. The first-order valence-electron chi connectivity index (χ1n) is 8.21. The Morgan fingerprint density at radius 2 is 1.92 bits per heavy atom. The van der Waals surface area contributed by atoms with E-state index in [1.807, 2.05) is 6.07 Å². The van der Waals surface area contributed by atoms with Crippen LogP contribution in [0.25, 0.3) is 0 Å². The van der Waals surface area contributed by atoms with Crippen LogP contribution in [0.4, 0.5) is 13.2 Å². The van der Waals surface area contributed by atoms with Crippen molar-refractivity contribution in [2.24, 2.45) is 0 Å². The van der Waals surface area contributed by atoms with Crippen molar-refractivity contribution in [1.82, 2.24) is 20.5 Å². The lowest BCUT2D eigenvalue weighted by Gasteiger charge is -2.35. The third-order valence-electron chi connectivity index (χ3n) is 4.49. The predicted molar refractivity (Wildman–Crippen MR) is 97.3 cm³/mol. The van der Waals surface area contributed by atoms with Gasteiger partial charge in [-0.3, -0.25) is 14.7 Å². The van der Waals surface area contributed by atoms with Gasteiger partial charge in [0.05, 0.1) is 0 Å². The van der Waals surface area contributed by atoms with Gasteiger partial charge in [0, 0.05) is 38.9 Å². The zero-order valence-corrected chi connectivity index (χ0v) is 15.7. The third kappa shape index (κ3) is 5.97. The summed E-state index contributed by atoms with van der Waals surface area (Å²) in [6, 6.07) is 1.74. The maximum atomic E-state index is 13.3. The monoisotopic (exact) mass is 414 g/mol. The number of hydrogen-bond donors (Lipinski definition) is 2. The van der Waals surface area contributed by atoms with Crippen LogP contribution in [0.15, 0.2) is 18.3 Å². The van der Waals surface area contributed by atoms with Gasteiger partial charge in [0.2, 0.25) is 0 Å². The molecule has 26 heavy (non-hydrogen) atoms. The summed E-state index contributed by atoms with van der Waals surface area (Å²) in [4.78, 5) is 17.5. The Hall–Kier alpha value is -1.09. The minimum atomic E-state index is -4.38. The number of hydrogen-bond acceptors (Lipinski definition) is 4. The Bertz CT molecular complexity index is 576. The van der Waals surface area contributed by atoms with Crippen LogP contribution in [-0.4, -0.2) is 60.7 Å². The van der Waals surface area contributed by atoms with Crippen molar-refractivity contribution in [3.05, 3.63) is 29.6 Å². The second-order valence-corrected chi connectivity index (χ2v) is 6.30. The molecule has 1 atom stereocenters. The van der Waals surface area contributed by atoms with Crippen LogP contribution in [-0.2, 0) is 0 Å². The highest BCUT2D eigenvalue weighted by Crippen LogP contribution is 2.39. The van der Waals surface area contributed by atoms with Gasteiger partial charge in [-0.15, -0.1) is 24.8 Å². The largest absolute Gasteiger partial charge is 0.405 e. The summed E-state index contributed by atoms with van der Waals surface area (Å²) in [5, 5.41) is 5.41. The predicted octanol–water partition coefficient (Wildman–Crippen LogP) is 2.37. The van der Waals surface area contributed by atoms with Gasteiger partial charge in [0.1, 0.15) is 11.7 Å². The summed E-state index contributed by atoms with van der Waals surface area (Å²) in [5.74, 6) is -0.0429. The van der Waals surface area contributed by atoms with E-state index in [0.717, 1.165) is 18.4 Å². The summed E-state index contributed by atoms with van der Waals surface area (Å²) in [6.07, 6.45) is -0.478. The highest BCUT2D eigenvalue weighted by Gasteiger charge is 2.43. The fraction of sp³-hybridized carbons (Fsp3) is 0.625. The van der Waals surface area contributed by atoms with Crippen molar-refractivity contribution in [3.63, 3.8) is 0 Å². The Morgan fingerprint density at radius 1 is 1.27 bits per heavy atom. The molecule has 2 heterocycles. The molecule has 1 aromatic rings. The number of halogens is 5. The van der Waals surface area contributed by atoms with E-state index in [1.54, 1.807) is 12.3 Å². The van der Waals surface area contributed by atoms with Crippen molar-refractivity contribution < 1.29 is 18.0 Å². The summed E-state index contributed by atoms with van der Waals surface area (Å²) in [5.41, 5.74) is 1.24. The van der Waals surface area contributed by atoms with E-state index in [4.69, 9.17) is 0 Å². The summed E-state index contributed by atoms with van der Waals surface area (Å²) < 4.78 is 39.8. The zero-order chi connectivity index (χ0) is 17.2. The van der Waals surface area contributed by atoms with E-state index in [2.05, 4.69) is 15.6 Å². The number of carbonyl (C=O) groups is 1. The number of aromatic nitrogens is 1. The molecule has 3 rings (SSSR count). The standard InChI is InChI=1S/C16H21F3N4O.2ClH/c17-16(18,19)14(23-7-5-20-6-8-23)10-22-15(24)13-4-3-12(9-21-13)11-1-2-11;;/h3-4,9,11,14,20H,1-2,5-8,10H2,(H,22,24);2*1H. The number of nitrogens with one attached hydrogen (secondary N) is 2. The minimum absolute atomic E-state index is 0. The Labute approximate surface area is 162 Å². The zero-order valence-electron chi connectivity index (χ0n) is 14.1. The van der Waals surface area contributed by atoms with Crippen molar-refractivity contribution in [3.8, 4) is 0 Å². The third-order valence-corrected chi connectivity index (χ3v) is 4.49. The lowest BCUT2D eigenvalue weighted by molar-refractivity contribution is -0.183. The molecule has 1 saturated carbocycles. The van der Waals surface area contributed by atoms with Crippen LogP contribution < -0.4 is 10.6 Å². The summed E-state index contributed by atoms with van der Waals surface area (Å²) >= 11 is 0. The van der Waals surface area contributed by atoms with Gasteiger partial charge in [-0.1, -0.05) is 6.07 Å². The van der Waals surface area contributed by atoms with E-state index in [-0.39, 0.29) is 30.5 Å². The molecule has 1 unspecified atom stereocenters. The molecule has 10 heteroatoms. The molecule has 0 aromatic carbocycles. The number of amides is 1. The molecule has 2 N–H and O–H groups in total.